The van der Waals surface area contributed by atoms with Crippen molar-refractivity contribution in [2.75, 3.05) is 18.9 Å². The third kappa shape index (κ3) is 3.31. The lowest BCUT2D eigenvalue weighted by Crippen LogP contribution is -2.26. The van der Waals surface area contributed by atoms with Crippen LogP contribution in [0.15, 0.2) is 30.7 Å². The molecule has 0 radical (unpaired) electrons. The minimum Gasteiger partial charge on any atom is -0.373 e. The average molecular weight is 259 g/mol. The van der Waals surface area contributed by atoms with E-state index in [1.54, 1.807) is 31.6 Å². The molecule has 0 aliphatic heterocycles. The van der Waals surface area contributed by atoms with Gasteiger partial charge in [-0.05, 0) is 12.1 Å². The third-order valence-electron chi connectivity index (χ3n) is 2.83. The van der Waals surface area contributed by atoms with Crippen molar-refractivity contribution in [3.05, 3.63) is 42.1 Å². The minimum absolute atomic E-state index is 0.104. The molecule has 2 rings (SSSR count). The summed E-state index contributed by atoms with van der Waals surface area (Å²) in [5, 5.41) is 5.77. The highest BCUT2D eigenvalue weighted by Crippen LogP contribution is 2.05. The van der Waals surface area contributed by atoms with Crippen molar-refractivity contribution >= 4 is 11.7 Å². The predicted octanol–water partition coefficient (Wildman–Crippen LogP) is 0.829. The van der Waals surface area contributed by atoms with Gasteiger partial charge in [-0.3, -0.25) is 4.79 Å². The Labute approximate surface area is 111 Å². The van der Waals surface area contributed by atoms with Crippen LogP contribution in [-0.4, -0.2) is 34.0 Å². The standard InChI is InChI=1S/C13H17N5O/c1-14-11-9-10(3-5-15-11)13(19)17-6-4-12-16-7-8-18(12)2/h3,5,7-9H,4,6H2,1-2H3,(H,14,15)(H,17,19). The van der Waals surface area contributed by atoms with E-state index in [4.69, 9.17) is 0 Å². The van der Waals surface area contributed by atoms with Crippen LogP contribution < -0.4 is 10.6 Å². The van der Waals surface area contributed by atoms with Gasteiger partial charge in [-0.1, -0.05) is 0 Å². The fraction of sp³-hybridized carbons (Fsp3) is 0.308. The summed E-state index contributed by atoms with van der Waals surface area (Å²) in [6.07, 6.45) is 5.96. The number of nitrogens with one attached hydrogen (secondary N) is 2. The quantitative estimate of drug-likeness (QED) is 0.834. The summed E-state index contributed by atoms with van der Waals surface area (Å²) in [4.78, 5) is 20.2. The zero-order chi connectivity index (χ0) is 13.7. The highest BCUT2D eigenvalue weighted by Gasteiger charge is 2.06. The van der Waals surface area contributed by atoms with Crippen LogP contribution in [-0.2, 0) is 13.5 Å². The first-order valence-corrected chi connectivity index (χ1v) is 6.09. The Kier molecular flexibility index (Phi) is 4.12. The number of amides is 1. The van der Waals surface area contributed by atoms with Crippen LogP contribution in [0.25, 0.3) is 0 Å². The molecule has 0 bridgehead atoms. The first kappa shape index (κ1) is 13.1. The van der Waals surface area contributed by atoms with Gasteiger partial charge in [-0.25, -0.2) is 9.97 Å². The molecular weight excluding hydrogens is 242 g/mol. The van der Waals surface area contributed by atoms with Gasteiger partial charge in [-0.2, -0.15) is 0 Å². The van der Waals surface area contributed by atoms with Crippen LogP contribution in [0.2, 0.25) is 0 Å². The van der Waals surface area contributed by atoms with Gasteiger partial charge in [0.1, 0.15) is 11.6 Å². The van der Waals surface area contributed by atoms with E-state index in [-0.39, 0.29) is 5.91 Å². The first-order chi connectivity index (χ1) is 9.20. The lowest BCUT2D eigenvalue weighted by atomic mass is 10.2. The SMILES string of the molecule is CNc1cc(C(=O)NCCc2nccn2C)ccn1. The molecule has 6 heteroatoms. The van der Waals surface area contributed by atoms with Gasteiger partial charge >= 0.3 is 0 Å². The van der Waals surface area contributed by atoms with E-state index < -0.39 is 0 Å². The molecule has 0 aliphatic carbocycles. The lowest BCUT2D eigenvalue weighted by Gasteiger charge is -2.06. The molecule has 19 heavy (non-hydrogen) atoms. The Morgan fingerprint density at radius 2 is 2.21 bits per heavy atom. The minimum atomic E-state index is -0.104. The van der Waals surface area contributed by atoms with E-state index in [1.807, 2.05) is 17.8 Å². The van der Waals surface area contributed by atoms with Crippen molar-refractivity contribution in [2.45, 2.75) is 6.42 Å². The summed E-state index contributed by atoms with van der Waals surface area (Å²) in [6, 6.07) is 3.41. The Balaban J connectivity index is 1.89. The van der Waals surface area contributed by atoms with E-state index in [0.717, 1.165) is 5.82 Å². The number of hydrogen-bond donors (Lipinski definition) is 2. The predicted molar refractivity (Wildman–Crippen MR) is 73.0 cm³/mol. The molecule has 0 saturated heterocycles. The second-order valence-electron chi connectivity index (χ2n) is 4.14. The Morgan fingerprint density at radius 3 is 2.89 bits per heavy atom. The summed E-state index contributed by atoms with van der Waals surface area (Å²) >= 11 is 0. The topological polar surface area (TPSA) is 71.8 Å². The van der Waals surface area contributed by atoms with Gasteiger partial charge < -0.3 is 15.2 Å². The van der Waals surface area contributed by atoms with E-state index in [1.165, 1.54) is 0 Å². The second-order valence-corrected chi connectivity index (χ2v) is 4.14. The molecule has 0 spiro atoms. The normalized spacial score (nSPS) is 10.2. The molecule has 2 aromatic rings. The molecule has 1 amide bonds. The number of aryl methyl sites for hydroxylation is 1. The van der Waals surface area contributed by atoms with Gasteiger partial charge in [-0.15, -0.1) is 0 Å². The number of pyridine rings is 1. The molecule has 100 valence electrons. The summed E-state index contributed by atoms with van der Waals surface area (Å²) < 4.78 is 1.94. The number of hydrogen-bond acceptors (Lipinski definition) is 4. The Morgan fingerprint density at radius 1 is 1.37 bits per heavy atom. The maximum Gasteiger partial charge on any atom is 0.251 e. The number of nitrogens with zero attached hydrogens (tertiary/aromatic N) is 3. The van der Waals surface area contributed by atoms with Crippen LogP contribution in [0, 0.1) is 0 Å². The zero-order valence-electron chi connectivity index (χ0n) is 11.1. The average Bonchev–Trinajstić information content (AvgIpc) is 2.84. The number of aromatic nitrogens is 3. The molecular formula is C13H17N5O. The molecule has 6 nitrogen and oxygen atoms in total. The fourth-order valence-electron chi connectivity index (χ4n) is 1.74. The van der Waals surface area contributed by atoms with Crippen LogP contribution in [0.3, 0.4) is 0 Å². The number of anilines is 1. The Bertz CT molecular complexity index is 564. The van der Waals surface area contributed by atoms with E-state index in [9.17, 15) is 4.79 Å². The van der Waals surface area contributed by atoms with Gasteiger partial charge in [0.15, 0.2) is 0 Å². The van der Waals surface area contributed by atoms with Crippen molar-refractivity contribution in [1.82, 2.24) is 19.9 Å². The van der Waals surface area contributed by atoms with E-state index in [0.29, 0.717) is 24.3 Å². The summed E-state index contributed by atoms with van der Waals surface area (Å²) in [5.74, 6) is 1.52. The highest BCUT2D eigenvalue weighted by molar-refractivity contribution is 5.94. The van der Waals surface area contributed by atoms with E-state index in [2.05, 4.69) is 20.6 Å². The maximum absolute atomic E-state index is 11.9. The highest BCUT2D eigenvalue weighted by atomic mass is 16.1. The molecule has 2 aromatic heterocycles. The fourth-order valence-corrected chi connectivity index (χ4v) is 1.74. The summed E-state index contributed by atoms with van der Waals surface area (Å²) in [7, 11) is 3.71. The maximum atomic E-state index is 11.9. The molecule has 2 N–H and O–H groups in total. The molecule has 0 aliphatic rings. The van der Waals surface area contributed by atoms with Crippen LogP contribution in [0.5, 0.6) is 0 Å². The van der Waals surface area contributed by atoms with Crippen molar-refractivity contribution < 1.29 is 4.79 Å². The van der Waals surface area contributed by atoms with Crippen molar-refractivity contribution in [1.29, 1.82) is 0 Å². The first-order valence-electron chi connectivity index (χ1n) is 6.09. The summed E-state index contributed by atoms with van der Waals surface area (Å²) in [6.45, 7) is 0.556. The third-order valence-corrected chi connectivity index (χ3v) is 2.83. The van der Waals surface area contributed by atoms with Gasteiger partial charge in [0, 0.05) is 51.2 Å². The Hall–Kier alpha value is -2.37. The van der Waals surface area contributed by atoms with Gasteiger partial charge in [0.25, 0.3) is 5.91 Å². The largest absolute Gasteiger partial charge is 0.373 e. The lowest BCUT2D eigenvalue weighted by molar-refractivity contribution is 0.0954. The van der Waals surface area contributed by atoms with Crippen LogP contribution in [0.4, 0.5) is 5.82 Å². The summed E-state index contributed by atoms with van der Waals surface area (Å²) in [5.41, 5.74) is 0.596. The van der Waals surface area contributed by atoms with E-state index >= 15 is 0 Å². The van der Waals surface area contributed by atoms with Gasteiger partial charge in [0.2, 0.25) is 0 Å². The smallest absolute Gasteiger partial charge is 0.251 e. The molecule has 0 fully saturated rings. The van der Waals surface area contributed by atoms with Crippen molar-refractivity contribution in [2.24, 2.45) is 7.05 Å². The van der Waals surface area contributed by atoms with Crippen molar-refractivity contribution in [3.63, 3.8) is 0 Å². The second kappa shape index (κ2) is 5.99. The zero-order valence-corrected chi connectivity index (χ0v) is 11.1. The van der Waals surface area contributed by atoms with Gasteiger partial charge in [0.05, 0.1) is 0 Å². The molecule has 0 unspecified atom stereocenters. The van der Waals surface area contributed by atoms with Crippen LogP contribution in [0.1, 0.15) is 16.2 Å². The number of carbonyl (C=O) groups excluding carboxylic acids is 1. The number of carbonyl (C=O) groups is 1. The molecule has 2 heterocycles. The number of imidazole rings is 1. The molecule has 0 aromatic carbocycles. The van der Waals surface area contributed by atoms with Crippen LogP contribution >= 0.6 is 0 Å². The monoisotopic (exact) mass is 259 g/mol. The number of rotatable bonds is 5. The molecule has 0 saturated carbocycles. The van der Waals surface area contributed by atoms with Crippen molar-refractivity contribution in [3.8, 4) is 0 Å². The molecule has 0 atom stereocenters.